The first-order valence-electron chi connectivity index (χ1n) is 5.87. The Hall–Kier alpha value is -0.770. The molecule has 0 spiro atoms. The third kappa shape index (κ3) is 5.35. The SMILES string of the molecule is CCC(C)(C)OCCCC(C)(C)C(N)=NO. The van der Waals surface area contributed by atoms with E-state index < -0.39 is 0 Å². The normalized spacial score (nSPS) is 14.2. The minimum atomic E-state index is -0.269. The molecule has 0 aliphatic rings. The molecule has 0 amide bonds. The second-order valence-corrected chi connectivity index (χ2v) is 5.43. The second kappa shape index (κ2) is 6.09. The van der Waals surface area contributed by atoms with E-state index in [2.05, 4.69) is 25.9 Å². The molecule has 4 nitrogen and oxygen atoms in total. The van der Waals surface area contributed by atoms with Gasteiger partial charge in [-0.3, -0.25) is 0 Å². The monoisotopic (exact) mass is 230 g/mol. The van der Waals surface area contributed by atoms with Gasteiger partial charge in [0.25, 0.3) is 0 Å². The van der Waals surface area contributed by atoms with Crippen LogP contribution in [0.3, 0.4) is 0 Å². The molecule has 0 bridgehead atoms. The van der Waals surface area contributed by atoms with Crippen LogP contribution in [0.1, 0.15) is 53.9 Å². The molecule has 0 aromatic heterocycles. The van der Waals surface area contributed by atoms with E-state index in [1.165, 1.54) is 0 Å². The number of hydrogen-bond donors (Lipinski definition) is 2. The van der Waals surface area contributed by atoms with Gasteiger partial charge in [-0.05, 0) is 33.1 Å². The van der Waals surface area contributed by atoms with Crippen molar-refractivity contribution in [3.63, 3.8) is 0 Å². The van der Waals surface area contributed by atoms with Gasteiger partial charge in [-0.25, -0.2) is 0 Å². The lowest BCUT2D eigenvalue weighted by Crippen LogP contribution is -2.32. The summed E-state index contributed by atoms with van der Waals surface area (Å²) in [5.41, 5.74) is 5.28. The first-order valence-corrected chi connectivity index (χ1v) is 5.87. The Kier molecular flexibility index (Phi) is 5.79. The number of amidine groups is 1. The van der Waals surface area contributed by atoms with Gasteiger partial charge in [0.05, 0.1) is 5.60 Å². The van der Waals surface area contributed by atoms with Gasteiger partial charge in [0, 0.05) is 12.0 Å². The molecule has 0 aromatic carbocycles. The summed E-state index contributed by atoms with van der Waals surface area (Å²) in [6.07, 6.45) is 2.76. The molecule has 0 rings (SSSR count). The fraction of sp³-hybridized carbons (Fsp3) is 0.917. The lowest BCUT2D eigenvalue weighted by molar-refractivity contribution is -0.0230. The van der Waals surface area contributed by atoms with Gasteiger partial charge in [0.1, 0.15) is 5.84 Å². The number of nitrogens with two attached hydrogens (primary N) is 1. The molecule has 0 aliphatic heterocycles. The van der Waals surface area contributed by atoms with E-state index in [1.54, 1.807) is 0 Å². The smallest absolute Gasteiger partial charge is 0.144 e. The molecule has 0 fully saturated rings. The van der Waals surface area contributed by atoms with Crippen LogP contribution in [-0.4, -0.2) is 23.3 Å². The lowest BCUT2D eigenvalue weighted by Gasteiger charge is -2.26. The van der Waals surface area contributed by atoms with Crippen LogP contribution in [0.4, 0.5) is 0 Å². The molecule has 0 aliphatic carbocycles. The van der Waals surface area contributed by atoms with E-state index in [4.69, 9.17) is 15.7 Å². The molecule has 0 aromatic rings. The Morgan fingerprint density at radius 2 is 1.88 bits per heavy atom. The maximum absolute atomic E-state index is 8.63. The molecular weight excluding hydrogens is 204 g/mol. The quantitative estimate of drug-likeness (QED) is 0.232. The molecule has 0 saturated carbocycles. The molecule has 0 saturated heterocycles. The molecule has 0 unspecified atom stereocenters. The van der Waals surface area contributed by atoms with Gasteiger partial charge in [-0.15, -0.1) is 0 Å². The molecule has 0 heterocycles. The predicted octanol–water partition coefficient (Wildman–Crippen LogP) is 2.74. The van der Waals surface area contributed by atoms with Crippen molar-refractivity contribution in [1.29, 1.82) is 0 Å². The number of hydrogen-bond acceptors (Lipinski definition) is 3. The number of oxime groups is 1. The highest BCUT2D eigenvalue weighted by Crippen LogP contribution is 2.23. The second-order valence-electron chi connectivity index (χ2n) is 5.43. The lowest BCUT2D eigenvalue weighted by atomic mass is 9.87. The Labute approximate surface area is 98.9 Å². The van der Waals surface area contributed by atoms with E-state index >= 15 is 0 Å². The van der Waals surface area contributed by atoms with Crippen molar-refractivity contribution in [2.75, 3.05) is 6.61 Å². The summed E-state index contributed by atoms with van der Waals surface area (Å²) in [5, 5.41) is 11.7. The summed E-state index contributed by atoms with van der Waals surface area (Å²) in [6.45, 7) is 10.9. The average Bonchev–Trinajstić information content (AvgIpc) is 2.23. The summed E-state index contributed by atoms with van der Waals surface area (Å²) in [7, 11) is 0. The summed E-state index contributed by atoms with van der Waals surface area (Å²) in [5.74, 6) is 0.280. The highest BCUT2D eigenvalue weighted by molar-refractivity contribution is 5.85. The van der Waals surface area contributed by atoms with Crippen molar-refractivity contribution in [1.82, 2.24) is 0 Å². The molecule has 0 atom stereocenters. The van der Waals surface area contributed by atoms with Crippen LogP contribution in [0.15, 0.2) is 5.16 Å². The Morgan fingerprint density at radius 1 is 1.31 bits per heavy atom. The maximum atomic E-state index is 8.63. The summed E-state index contributed by atoms with van der Waals surface area (Å²) in [4.78, 5) is 0. The zero-order chi connectivity index (χ0) is 12.8. The van der Waals surface area contributed by atoms with Crippen LogP contribution >= 0.6 is 0 Å². The number of rotatable bonds is 7. The average molecular weight is 230 g/mol. The van der Waals surface area contributed by atoms with Crippen LogP contribution in [-0.2, 0) is 4.74 Å². The van der Waals surface area contributed by atoms with E-state index in [1.807, 2.05) is 13.8 Å². The van der Waals surface area contributed by atoms with E-state index in [-0.39, 0.29) is 16.9 Å². The van der Waals surface area contributed by atoms with Gasteiger partial charge in [-0.1, -0.05) is 25.9 Å². The molecule has 16 heavy (non-hydrogen) atoms. The first-order chi connectivity index (χ1) is 7.25. The zero-order valence-corrected chi connectivity index (χ0v) is 11.2. The molecule has 3 N–H and O–H groups in total. The fourth-order valence-electron chi connectivity index (χ4n) is 1.23. The van der Waals surface area contributed by atoms with Gasteiger partial charge < -0.3 is 15.7 Å². The first kappa shape index (κ1) is 15.2. The van der Waals surface area contributed by atoms with Crippen LogP contribution in [0.5, 0.6) is 0 Å². The fourth-order valence-corrected chi connectivity index (χ4v) is 1.23. The molecular formula is C12H26N2O2. The molecule has 4 heteroatoms. The van der Waals surface area contributed by atoms with Gasteiger partial charge in [0.15, 0.2) is 0 Å². The van der Waals surface area contributed by atoms with Crippen molar-refractivity contribution in [2.45, 2.75) is 59.5 Å². The minimum Gasteiger partial charge on any atom is -0.409 e. The number of nitrogens with zero attached hydrogens (tertiary/aromatic N) is 1. The van der Waals surface area contributed by atoms with Crippen molar-refractivity contribution in [3.8, 4) is 0 Å². The molecule has 0 radical (unpaired) electrons. The third-order valence-electron chi connectivity index (χ3n) is 3.09. The predicted molar refractivity (Wildman–Crippen MR) is 66.7 cm³/mol. The van der Waals surface area contributed by atoms with Crippen molar-refractivity contribution in [3.05, 3.63) is 0 Å². The zero-order valence-electron chi connectivity index (χ0n) is 11.2. The van der Waals surface area contributed by atoms with Gasteiger partial charge in [-0.2, -0.15) is 0 Å². The minimum absolute atomic E-state index is 0.0548. The summed E-state index contributed by atoms with van der Waals surface area (Å²) in [6, 6.07) is 0. The van der Waals surface area contributed by atoms with Crippen LogP contribution in [0.25, 0.3) is 0 Å². The van der Waals surface area contributed by atoms with Crippen LogP contribution in [0.2, 0.25) is 0 Å². The third-order valence-corrected chi connectivity index (χ3v) is 3.09. The Bertz CT molecular complexity index is 235. The highest BCUT2D eigenvalue weighted by atomic mass is 16.5. The Balaban J connectivity index is 3.91. The Morgan fingerprint density at radius 3 is 2.31 bits per heavy atom. The van der Waals surface area contributed by atoms with Crippen molar-refractivity contribution >= 4 is 5.84 Å². The van der Waals surface area contributed by atoms with E-state index in [9.17, 15) is 0 Å². The van der Waals surface area contributed by atoms with Crippen molar-refractivity contribution < 1.29 is 9.94 Å². The van der Waals surface area contributed by atoms with Crippen LogP contribution < -0.4 is 5.73 Å². The van der Waals surface area contributed by atoms with E-state index in [0.717, 1.165) is 19.3 Å². The van der Waals surface area contributed by atoms with Crippen LogP contribution in [0, 0.1) is 5.41 Å². The number of ether oxygens (including phenoxy) is 1. The van der Waals surface area contributed by atoms with E-state index in [0.29, 0.717) is 6.61 Å². The topological polar surface area (TPSA) is 67.8 Å². The van der Waals surface area contributed by atoms with Crippen molar-refractivity contribution in [2.24, 2.45) is 16.3 Å². The maximum Gasteiger partial charge on any atom is 0.144 e. The van der Waals surface area contributed by atoms with Gasteiger partial charge >= 0.3 is 0 Å². The largest absolute Gasteiger partial charge is 0.409 e. The summed E-state index contributed by atoms with van der Waals surface area (Å²) >= 11 is 0. The van der Waals surface area contributed by atoms with Gasteiger partial charge in [0.2, 0.25) is 0 Å². The standard InChI is InChI=1S/C12H26N2O2/c1-6-12(4,5)16-9-7-8-11(2,3)10(13)14-15/h15H,6-9H2,1-5H3,(H2,13,14). The summed E-state index contributed by atoms with van der Waals surface area (Å²) < 4.78 is 5.74. The molecule has 96 valence electrons. The highest BCUT2D eigenvalue weighted by Gasteiger charge is 2.23.